The summed E-state index contributed by atoms with van der Waals surface area (Å²) in [5.41, 5.74) is -0.770. The molecule has 0 radical (unpaired) electrons. The number of carbonyl (C=O) groups excluding carboxylic acids is 1. The van der Waals surface area contributed by atoms with Crippen molar-refractivity contribution < 1.29 is 14.7 Å². The summed E-state index contributed by atoms with van der Waals surface area (Å²) in [6, 6.07) is 0.261. The molecule has 0 aromatic carbocycles. The number of hydrogen-bond donors (Lipinski definition) is 2. The molecule has 0 aromatic rings. The van der Waals surface area contributed by atoms with Crippen LogP contribution in [0.25, 0.3) is 0 Å². The first kappa shape index (κ1) is 13.0. The molecule has 0 bridgehead atoms. The van der Waals surface area contributed by atoms with E-state index in [1.54, 1.807) is 11.8 Å². The molecule has 92 valence electrons. The lowest BCUT2D eigenvalue weighted by atomic mass is 9.90. The topological polar surface area (TPSA) is 69.6 Å². The van der Waals surface area contributed by atoms with Gasteiger partial charge in [-0.05, 0) is 13.3 Å². The Labute approximate surface area is 95.8 Å². The number of hydrogen-bond acceptors (Lipinski definition) is 3. The molecule has 0 spiro atoms. The van der Waals surface area contributed by atoms with Crippen LogP contribution in [0.5, 0.6) is 0 Å². The molecule has 1 atom stereocenters. The molecule has 1 heterocycles. The summed E-state index contributed by atoms with van der Waals surface area (Å²) in [6.07, 6.45) is 0.537. The zero-order chi connectivity index (χ0) is 12.3. The van der Waals surface area contributed by atoms with Crippen molar-refractivity contribution in [3.8, 4) is 0 Å². The molecule has 1 aliphatic rings. The number of likely N-dealkylation sites (tertiary alicyclic amines) is 1. The van der Waals surface area contributed by atoms with E-state index >= 15 is 0 Å². The predicted molar refractivity (Wildman–Crippen MR) is 60.1 cm³/mol. The van der Waals surface area contributed by atoms with Crippen molar-refractivity contribution in [2.24, 2.45) is 5.41 Å². The Morgan fingerprint density at radius 2 is 2.12 bits per heavy atom. The van der Waals surface area contributed by atoms with Crippen LogP contribution in [0.4, 0.5) is 0 Å². The molecule has 1 aliphatic heterocycles. The average Bonchev–Trinajstić information content (AvgIpc) is 2.59. The quantitative estimate of drug-likeness (QED) is 0.726. The zero-order valence-corrected chi connectivity index (χ0v) is 10.1. The van der Waals surface area contributed by atoms with Crippen molar-refractivity contribution in [2.75, 3.05) is 19.6 Å². The second-order valence-electron chi connectivity index (χ2n) is 4.97. The second-order valence-corrected chi connectivity index (χ2v) is 4.97. The van der Waals surface area contributed by atoms with E-state index in [0.717, 1.165) is 0 Å². The van der Waals surface area contributed by atoms with Gasteiger partial charge in [0.05, 0.1) is 12.0 Å². The molecule has 1 rings (SSSR count). The van der Waals surface area contributed by atoms with Crippen molar-refractivity contribution in [2.45, 2.75) is 33.2 Å². The van der Waals surface area contributed by atoms with Gasteiger partial charge in [-0.3, -0.25) is 9.59 Å². The Balaban J connectivity index is 2.47. The van der Waals surface area contributed by atoms with Gasteiger partial charge in [0.2, 0.25) is 5.91 Å². The van der Waals surface area contributed by atoms with Gasteiger partial charge < -0.3 is 15.3 Å². The van der Waals surface area contributed by atoms with Gasteiger partial charge >= 0.3 is 5.97 Å². The molecular weight excluding hydrogens is 208 g/mol. The lowest BCUT2D eigenvalue weighted by Gasteiger charge is -2.20. The lowest BCUT2D eigenvalue weighted by Crippen LogP contribution is -2.41. The minimum absolute atomic E-state index is 0.0151. The first-order valence-electron chi connectivity index (χ1n) is 5.60. The molecule has 5 nitrogen and oxygen atoms in total. The van der Waals surface area contributed by atoms with Gasteiger partial charge in [0.25, 0.3) is 0 Å². The minimum Gasteiger partial charge on any atom is -0.481 e. The minimum atomic E-state index is -0.820. The van der Waals surface area contributed by atoms with E-state index in [4.69, 9.17) is 5.11 Å². The molecule has 1 fully saturated rings. The Morgan fingerprint density at radius 1 is 1.50 bits per heavy atom. The molecule has 16 heavy (non-hydrogen) atoms. The number of amides is 1. The Bertz CT molecular complexity index is 291. The highest BCUT2D eigenvalue weighted by atomic mass is 16.4. The van der Waals surface area contributed by atoms with E-state index < -0.39 is 11.4 Å². The maximum absolute atomic E-state index is 11.7. The van der Waals surface area contributed by atoms with Crippen molar-refractivity contribution in [3.05, 3.63) is 0 Å². The Morgan fingerprint density at radius 3 is 2.56 bits per heavy atom. The number of nitrogens with one attached hydrogen (secondary N) is 1. The van der Waals surface area contributed by atoms with Crippen molar-refractivity contribution >= 4 is 11.9 Å². The summed E-state index contributed by atoms with van der Waals surface area (Å²) in [5, 5.41) is 12.1. The summed E-state index contributed by atoms with van der Waals surface area (Å²) < 4.78 is 0. The van der Waals surface area contributed by atoms with Gasteiger partial charge in [-0.1, -0.05) is 13.8 Å². The number of carbonyl (C=O) groups is 2. The first-order chi connectivity index (χ1) is 7.35. The van der Waals surface area contributed by atoms with Crippen LogP contribution in [0, 0.1) is 5.41 Å². The van der Waals surface area contributed by atoms with Gasteiger partial charge in [-0.25, -0.2) is 0 Å². The van der Waals surface area contributed by atoms with Gasteiger partial charge in [-0.2, -0.15) is 0 Å². The van der Waals surface area contributed by atoms with Crippen LogP contribution in [0.2, 0.25) is 0 Å². The van der Waals surface area contributed by atoms with Gasteiger partial charge in [-0.15, -0.1) is 0 Å². The van der Waals surface area contributed by atoms with Gasteiger partial charge in [0, 0.05) is 19.1 Å². The number of rotatable bonds is 4. The number of carboxylic acid groups (broad SMARTS) is 1. The summed E-state index contributed by atoms with van der Waals surface area (Å²) in [6.45, 7) is 6.78. The average molecular weight is 228 g/mol. The summed E-state index contributed by atoms with van der Waals surface area (Å²) in [4.78, 5) is 24.4. The highest BCUT2D eigenvalue weighted by Crippen LogP contribution is 2.29. The van der Waals surface area contributed by atoms with Crippen LogP contribution in [0.15, 0.2) is 0 Å². The van der Waals surface area contributed by atoms with Crippen LogP contribution in [-0.4, -0.2) is 47.6 Å². The largest absolute Gasteiger partial charge is 0.481 e. The van der Waals surface area contributed by atoms with Gasteiger partial charge in [0.15, 0.2) is 0 Å². The first-order valence-corrected chi connectivity index (χ1v) is 5.60. The Kier molecular flexibility index (Phi) is 3.91. The van der Waals surface area contributed by atoms with Crippen LogP contribution in [-0.2, 0) is 9.59 Å². The van der Waals surface area contributed by atoms with E-state index in [-0.39, 0.29) is 18.5 Å². The fourth-order valence-electron chi connectivity index (χ4n) is 1.75. The normalized spacial score (nSPS) is 25.1. The summed E-state index contributed by atoms with van der Waals surface area (Å²) in [5.74, 6) is -0.835. The van der Waals surface area contributed by atoms with Crippen molar-refractivity contribution in [1.82, 2.24) is 10.2 Å². The van der Waals surface area contributed by atoms with Crippen LogP contribution >= 0.6 is 0 Å². The number of carboxylic acids is 1. The number of aliphatic carboxylic acids is 1. The van der Waals surface area contributed by atoms with E-state index in [1.807, 2.05) is 13.8 Å². The lowest BCUT2D eigenvalue weighted by molar-refractivity contribution is -0.147. The number of nitrogens with zero attached hydrogens (tertiary/aromatic N) is 1. The molecule has 5 heteroatoms. The predicted octanol–water partition coefficient (Wildman–Crippen LogP) is 0.308. The van der Waals surface area contributed by atoms with Crippen LogP contribution in [0.1, 0.15) is 27.2 Å². The molecule has 0 aromatic heterocycles. The maximum atomic E-state index is 11.7. The highest BCUT2D eigenvalue weighted by Gasteiger charge is 2.41. The molecular formula is C11H20N2O3. The standard InChI is InChI=1S/C11H20N2O3/c1-8(2)12-6-9(14)13-5-4-11(3,7-13)10(15)16/h8,12H,4-7H2,1-3H3,(H,15,16). The molecule has 0 aliphatic carbocycles. The van der Waals surface area contributed by atoms with E-state index in [1.165, 1.54) is 0 Å². The van der Waals surface area contributed by atoms with Crippen LogP contribution < -0.4 is 5.32 Å². The van der Waals surface area contributed by atoms with E-state index in [0.29, 0.717) is 19.5 Å². The van der Waals surface area contributed by atoms with Gasteiger partial charge in [0.1, 0.15) is 0 Å². The fourth-order valence-corrected chi connectivity index (χ4v) is 1.75. The second kappa shape index (κ2) is 4.82. The smallest absolute Gasteiger partial charge is 0.311 e. The fraction of sp³-hybridized carbons (Fsp3) is 0.818. The third kappa shape index (κ3) is 2.95. The third-order valence-corrected chi connectivity index (χ3v) is 3.00. The summed E-state index contributed by atoms with van der Waals surface area (Å²) in [7, 11) is 0. The van der Waals surface area contributed by atoms with E-state index in [2.05, 4.69) is 5.32 Å². The Hall–Kier alpha value is -1.10. The molecule has 1 saturated heterocycles. The zero-order valence-electron chi connectivity index (χ0n) is 10.1. The molecule has 1 amide bonds. The maximum Gasteiger partial charge on any atom is 0.311 e. The SMILES string of the molecule is CC(C)NCC(=O)N1CCC(C)(C(=O)O)C1. The monoisotopic (exact) mass is 228 g/mol. The summed E-state index contributed by atoms with van der Waals surface area (Å²) >= 11 is 0. The molecule has 1 unspecified atom stereocenters. The molecule has 2 N–H and O–H groups in total. The van der Waals surface area contributed by atoms with Crippen molar-refractivity contribution in [3.63, 3.8) is 0 Å². The highest BCUT2D eigenvalue weighted by molar-refractivity contribution is 5.81. The van der Waals surface area contributed by atoms with E-state index in [9.17, 15) is 9.59 Å². The third-order valence-electron chi connectivity index (χ3n) is 3.00. The molecule has 0 saturated carbocycles. The van der Waals surface area contributed by atoms with Crippen LogP contribution in [0.3, 0.4) is 0 Å². The van der Waals surface area contributed by atoms with Crippen molar-refractivity contribution in [1.29, 1.82) is 0 Å².